The van der Waals surface area contributed by atoms with E-state index in [2.05, 4.69) is 20.7 Å². The molecule has 1 aliphatic heterocycles. The zero-order valence-electron chi connectivity index (χ0n) is 10.8. The molecule has 2 amide bonds. The first-order valence-electron chi connectivity index (χ1n) is 5.91. The number of amides is 2. The van der Waals surface area contributed by atoms with Crippen LogP contribution in [0.4, 0.5) is 5.69 Å². The SMILES string of the molecule is COC(=O)c1cc(N2CC(C(N)=O)CC2=O)ccc1Br. The zero-order chi connectivity index (χ0) is 14.9. The molecule has 20 heavy (non-hydrogen) atoms. The lowest BCUT2D eigenvalue weighted by molar-refractivity contribution is -0.123. The second-order valence-electron chi connectivity index (χ2n) is 4.46. The predicted octanol–water partition coefficient (Wildman–Crippen LogP) is 1.07. The maximum atomic E-state index is 11.9. The second-order valence-corrected chi connectivity index (χ2v) is 5.32. The van der Waals surface area contributed by atoms with Crippen molar-refractivity contribution >= 4 is 39.4 Å². The molecule has 1 unspecified atom stereocenters. The fourth-order valence-electron chi connectivity index (χ4n) is 2.10. The molecule has 6 nitrogen and oxygen atoms in total. The van der Waals surface area contributed by atoms with E-state index in [4.69, 9.17) is 5.73 Å². The van der Waals surface area contributed by atoms with Crippen molar-refractivity contribution in [2.24, 2.45) is 11.7 Å². The third-order valence-electron chi connectivity index (χ3n) is 3.19. The minimum atomic E-state index is -0.503. The van der Waals surface area contributed by atoms with Gasteiger partial charge in [0, 0.05) is 23.1 Å². The summed E-state index contributed by atoms with van der Waals surface area (Å²) in [7, 11) is 1.28. The van der Waals surface area contributed by atoms with Crippen LogP contribution in [-0.4, -0.2) is 31.4 Å². The fraction of sp³-hybridized carbons (Fsp3) is 0.308. The van der Waals surface area contributed by atoms with Crippen LogP contribution in [0, 0.1) is 5.92 Å². The minimum Gasteiger partial charge on any atom is -0.465 e. The highest BCUT2D eigenvalue weighted by Crippen LogP contribution is 2.29. The van der Waals surface area contributed by atoms with Crippen molar-refractivity contribution in [2.75, 3.05) is 18.6 Å². The summed E-state index contributed by atoms with van der Waals surface area (Å²) in [5.41, 5.74) is 6.09. The van der Waals surface area contributed by atoms with Gasteiger partial charge in [-0.1, -0.05) is 0 Å². The van der Waals surface area contributed by atoms with Gasteiger partial charge in [-0.15, -0.1) is 0 Å². The molecule has 1 atom stereocenters. The number of benzene rings is 1. The Bertz CT molecular complexity index is 588. The third kappa shape index (κ3) is 2.67. The Kier molecular flexibility index (Phi) is 4.08. The highest BCUT2D eigenvalue weighted by molar-refractivity contribution is 9.10. The van der Waals surface area contributed by atoms with Gasteiger partial charge in [-0.25, -0.2) is 4.79 Å². The summed E-state index contributed by atoms with van der Waals surface area (Å²) in [5, 5.41) is 0. The first-order valence-corrected chi connectivity index (χ1v) is 6.71. The minimum absolute atomic E-state index is 0.0962. The Morgan fingerprint density at radius 3 is 2.70 bits per heavy atom. The molecule has 1 fully saturated rings. The molecule has 2 rings (SSSR count). The summed E-state index contributed by atoms with van der Waals surface area (Å²) >= 11 is 3.25. The number of nitrogens with two attached hydrogens (primary N) is 1. The summed E-state index contributed by atoms with van der Waals surface area (Å²) in [5.74, 6) is -1.68. The van der Waals surface area contributed by atoms with E-state index >= 15 is 0 Å². The van der Waals surface area contributed by atoms with Gasteiger partial charge < -0.3 is 15.4 Å². The average Bonchev–Trinajstić information content (AvgIpc) is 2.81. The van der Waals surface area contributed by atoms with Crippen molar-refractivity contribution < 1.29 is 19.1 Å². The molecule has 106 valence electrons. The van der Waals surface area contributed by atoms with E-state index in [1.165, 1.54) is 12.0 Å². The Labute approximate surface area is 124 Å². The van der Waals surface area contributed by atoms with Crippen molar-refractivity contribution in [2.45, 2.75) is 6.42 Å². The van der Waals surface area contributed by atoms with Gasteiger partial charge in [-0.05, 0) is 34.1 Å². The molecule has 1 aromatic rings. The Hall–Kier alpha value is -1.89. The van der Waals surface area contributed by atoms with Crippen molar-refractivity contribution in [3.63, 3.8) is 0 Å². The number of nitrogens with zero attached hydrogens (tertiary/aromatic N) is 1. The Balaban J connectivity index is 2.32. The summed E-state index contributed by atoms with van der Waals surface area (Å²) in [6.45, 7) is 0.233. The van der Waals surface area contributed by atoms with E-state index in [1.54, 1.807) is 18.2 Å². The lowest BCUT2D eigenvalue weighted by Crippen LogP contribution is -2.28. The number of methoxy groups -OCH3 is 1. The lowest BCUT2D eigenvalue weighted by atomic mass is 10.1. The van der Waals surface area contributed by atoms with Gasteiger partial charge >= 0.3 is 5.97 Å². The molecule has 1 aliphatic rings. The normalized spacial score (nSPS) is 18.2. The van der Waals surface area contributed by atoms with Crippen molar-refractivity contribution in [1.29, 1.82) is 0 Å². The highest BCUT2D eigenvalue weighted by atomic mass is 79.9. The van der Waals surface area contributed by atoms with Gasteiger partial charge in [0.15, 0.2) is 0 Å². The smallest absolute Gasteiger partial charge is 0.339 e. The standard InChI is InChI=1S/C13H13BrN2O4/c1-20-13(19)9-5-8(2-3-10(9)14)16-6-7(12(15)18)4-11(16)17/h2-3,5,7H,4,6H2,1H3,(H2,15,18). The molecule has 2 N–H and O–H groups in total. The first-order chi connectivity index (χ1) is 9.43. The van der Waals surface area contributed by atoms with E-state index in [-0.39, 0.29) is 18.9 Å². The van der Waals surface area contributed by atoms with Crippen LogP contribution in [0.15, 0.2) is 22.7 Å². The molecule has 1 aromatic carbocycles. The van der Waals surface area contributed by atoms with E-state index in [0.717, 1.165) is 0 Å². The van der Waals surface area contributed by atoms with Crippen LogP contribution < -0.4 is 10.6 Å². The molecular weight excluding hydrogens is 328 g/mol. The monoisotopic (exact) mass is 340 g/mol. The molecule has 0 bridgehead atoms. The largest absolute Gasteiger partial charge is 0.465 e. The molecule has 1 saturated heterocycles. The summed E-state index contributed by atoms with van der Waals surface area (Å²) in [4.78, 5) is 36.2. The van der Waals surface area contributed by atoms with Crippen LogP contribution in [0.5, 0.6) is 0 Å². The lowest BCUT2D eigenvalue weighted by Gasteiger charge is -2.17. The van der Waals surface area contributed by atoms with Crippen LogP contribution in [-0.2, 0) is 14.3 Å². The Morgan fingerprint density at radius 2 is 2.15 bits per heavy atom. The summed E-state index contributed by atoms with van der Waals surface area (Å²) in [6, 6.07) is 4.90. The molecule has 0 radical (unpaired) electrons. The number of esters is 1. The van der Waals surface area contributed by atoms with Gasteiger partial charge in [0.1, 0.15) is 0 Å². The van der Waals surface area contributed by atoms with Crippen LogP contribution in [0.2, 0.25) is 0 Å². The van der Waals surface area contributed by atoms with Gasteiger partial charge in [0.2, 0.25) is 11.8 Å². The molecule has 0 aliphatic carbocycles. The van der Waals surface area contributed by atoms with E-state index in [9.17, 15) is 14.4 Å². The van der Waals surface area contributed by atoms with Gasteiger partial charge in [0.05, 0.1) is 18.6 Å². The maximum absolute atomic E-state index is 11.9. The third-order valence-corrected chi connectivity index (χ3v) is 3.89. The number of primary amides is 1. The molecular formula is C13H13BrN2O4. The zero-order valence-corrected chi connectivity index (χ0v) is 12.3. The fourth-order valence-corrected chi connectivity index (χ4v) is 2.50. The van der Waals surface area contributed by atoms with Crippen LogP contribution in [0.25, 0.3) is 0 Å². The van der Waals surface area contributed by atoms with Gasteiger partial charge in [-0.3, -0.25) is 9.59 Å². The second kappa shape index (κ2) is 5.62. The average molecular weight is 341 g/mol. The number of halogens is 1. The molecule has 0 saturated carbocycles. The first kappa shape index (κ1) is 14.5. The predicted molar refractivity (Wildman–Crippen MR) is 75.1 cm³/mol. The van der Waals surface area contributed by atoms with Crippen LogP contribution in [0.3, 0.4) is 0 Å². The summed E-state index contributed by atoms with van der Waals surface area (Å²) in [6.07, 6.45) is 0.0962. The van der Waals surface area contributed by atoms with E-state index < -0.39 is 17.8 Å². The number of ether oxygens (including phenoxy) is 1. The van der Waals surface area contributed by atoms with Crippen LogP contribution in [0.1, 0.15) is 16.8 Å². The van der Waals surface area contributed by atoms with Crippen LogP contribution >= 0.6 is 15.9 Å². The molecule has 0 aromatic heterocycles. The van der Waals surface area contributed by atoms with E-state index in [1.807, 2.05) is 0 Å². The molecule has 1 heterocycles. The Morgan fingerprint density at radius 1 is 1.45 bits per heavy atom. The van der Waals surface area contributed by atoms with Gasteiger partial charge in [0.25, 0.3) is 0 Å². The number of carbonyl (C=O) groups excluding carboxylic acids is 3. The number of hydrogen-bond donors (Lipinski definition) is 1. The maximum Gasteiger partial charge on any atom is 0.339 e. The number of carbonyl (C=O) groups is 3. The van der Waals surface area contributed by atoms with E-state index in [0.29, 0.717) is 15.7 Å². The number of rotatable bonds is 3. The van der Waals surface area contributed by atoms with Gasteiger partial charge in [-0.2, -0.15) is 0 Å². The van der Waals surface area contributed by atoms with Crippen molar-refractivity contribution in [3.8, 4) is 0 Å². The quantitative estimate of drug-likeness (QED) is 0.833. The number of anilines is 1. The molecule has 7 heteroatoms. The van der Waals surface area contributed by atoms with Crippen molar-refractivity contribution in [3.05, 3.63) is 28.2 Å². The summed E-state index contributed by atoms with van der Waals surface area (Å²) < 4.78 is 5.25. The topological polar surface area (TPSA) is 89.7 Å². The highest BCUT2D eigenvalue weighted by Gasteiger charge is 2.34. The number of hydrogen-bond acceptors (Lipinski definition) is 4. The molecule has 0 spiro atoms. The van der Waals surface area contributed by atoms with Crippen molar-refractivity contribution in [1.82, 2.24) is 0 Å².